The van der Waals surface area contributed by atoms with Gasteiger partial charge in [-0.2, -0.15) is 0 Å². The van der Waals surface area contributed by atoms with Gasteiger partial charge in [0.05, 0.1) is 0 Å². The Balaban J connectivity index is 2.66. The molecule has 24 heavy (non-hydrogen) atoms. The van der Waals surface area contributed by atoms with Gasteiger partial charge in [-0.3, -0.25) is 0 Å². The maximum Gasteiger partial charge on any atom is 0.188 e. The van der Waals surface area contributed by atoms with E-state index in [9.17, 15) is 4.79 Å². The van der Waals surface area contributed by atoms with Gasteiger partial charge < -0.3 is 14.3 Å². The molecule has 0 saturated heterocycles. The minimum Gasteiger partial charge on any atom is -0.467 e. The van der Waals surface area contributed by atoms with E-state index in [1.54, 1.807) is 7.11 Å². The van der Waals surface area contributed by atoms with Gasteiger partial charge in [0.25, 0.3) is 0 Å². The van der Waals surface area contributed by atoms with Crippen LogP contribution < -0.4 is 4.74 Å². The number of ether oxygens (including phenoxy) is 2. The molecule has 2 aromatic rings. The van der Waals surface area contributed by atoms with Gasteiger partial charge in [0, 0.05) is 18.1 Å². The second-order valence-corrected chi connectivity index (χ2v) is 13.1. The monoisotopic (exact) mass is 344 g/mol. The summed E-state index contributed by atoms with van der Waals surface area (Å²) in [4.78, 5) is 13.4. The van der Waals surface area contributed by atoms with Gasteiger partial charge in [0.15, 0.2) is 6.79 Å². The highest BCUT2D eigenvalue weighted by molar-refractivity contribution is 7.08. The highest BCUT2D eigenvalue weighted by atomic mass is 28.3. The zero-order valence-electron chi connectivity index (χ0n) is 15.8. The van der Waals surface area contributed by atoms with Crippen molar-refractivity contribution in [3.8, 4) is 5.75 Å². The second-order valence-electron chi connectivity index (χ2n) is 7.86. The van der Waals surface area contributed by atoms with E-state index in [0.29, 0.717) is 5.41 Å². The molecule has 3 nitrogen and oxygen atoms in total. The largest absolute Gasteiger partial charge is 0.467 e. The summed E-state index contributed by atoms with van der Waals surface area (Å²) in [6.45, 7) is 13.1. The quantitative estimate of drug-likeness (QED) is 0.541. The summed E-state index contributed by atoms with van der Waals surface area (Å²) >= 11 is 0. The molecule has 0 aliphatic carbocycles. The lowest BCUT2D eigenvalue weighted by molar-refractivity contribution is 0.0522. The highest BCUT2D eigenvalue weighted by Gasteiger charge is 2.43. The van der Waals surface area contributed by atoms with Crippen LogP contribution in [0.1, 0.15) is 36.7 Å². The van der Waals surface area contributed by atoms with Gasteiger partial charge in [0.2, 0.25) is 0 Å². The Morgan fingerprint density at radius 2 is 1.79 bits per heavy atom. The molecular weight excluding hydrogens is 316 g/mol. The van der Waals surface area contributed by atoms with Crippen LogP contribution in [-0.2, 0) is 4.74 Å². The van der Waals surface area contributed by atoms with Crippen molar-refractivity contribution in [3.63, 3.8) is 0 Å². The molecule has 0 aliphatic rings. The van der Waals surface area contributed by atoms with Crippen molar-refractivity contribution in [3.05, 3.63) is 41.5 Å². The summed E-state index contributed by atoms with van der Waals surface area (Å²) in [6.07, 6.45) is 0. The fourth-order valence-electron chi connectivity index (χ4n) is 2.67. The number of carbonyl (C=O) groups is 1. The smallest absolute Gasteiger partial charge is 0.188 e. The second kappa shape index (κ2) is 6.69. The van der Waals surface area contributed by atoms with E-state index in [4.69, 9.17) is 9.47 Å². The Morgan fingerprint density at radius 1 is 1.12 bits per heavy atom. The zero-order chi connectivity index (χ0) is 18.1. The molecule has 4 heteroatoms. The third kappa shape index (κ3) is 3.26. The lowest BCUT2D eigenvalue weighted by Crippen LogP contribution is -2.46. The zero-order valence-corrected chi connectivity index (χ0v) is 16.8. The minimum atomic E-state index is -2.13. The lowest BCUT2D eigenvalue weighted by Gasteiger charge is -2.35. The standard InChI is InChI=1S/C20H28O3Si/c1-14-9-8-10-15-16(19(21)24(6,7)20(2,3)4)11-12-17(18(14)15)23-13-22-5/h8-12H,13H2,1-7H3. The molecule has 0 unspecified atom stereocenters. The first-order valence-electron chi connectivity index (χ1n) is 8.30. The molecule has 0 N–H and O–H groups in total. The van der Waals surface area contributed by atoms with Gasteiger partial charge in [0.1, 0.15) is 19.2 Å². The maximum atomic E-state index is 13.4. The third-order valence-electron chi connectivity index (χ3n) is 5.23. The third-order valence-corrected chi connectivity index (χ3v) is 10.4. The molecule has 0 atom stereocenters. The van der Waals surface area contributed by atoms with Gasteiger partial charge >= 0.3 is 0 Å². The summed E-state index contributed by atoms with van der Waals surface area (Å²) in [6, 6.07) is 9.87. The highest BCUT2D eigenvalue weighted by Crippen LogP contribution is 2.40. The summed E-state index contributed by atoms with van der Waals surface area (Å²) in [5, 5.41) is 2.27. The van der Waals surface area contributed by atoms with Crippen LogP contribution in [0.5, 0.6) is 5.75 Å². The number of aryl methyl sites for hydroxylation is 1. The number of carbonyl (C=O) groups excluding carboxylic acids is 1. The lowest BCUT2D eigenvalue weighted by atomic mass is 10.0. The summed E-state index contributed by atoms with van der Waals surface area (Å²) in [7, 11) is -0.529. The van der Waals surface area contributed by atoms with Gasteiger partial charge in [-0.25, -0.2) is 0 Å². The number of hydrogen-bond donors (Lipinski definition) is 0. The van der Waals surface area contributed by atoms with Crippen molar-refractivity contribution < 1.29 is 14.3 Å². The molecule has 0 bridgehead atoms. The number of benzene rings is 2. The van der Waals surface area contributed by atoms with E-state index in [1.165, 1.54) is 0 Å². The first kappa shape index (κ1) is 18.7. The van der Waals surface area contributed by atoms with Crippen molar-refractivity contribution in [1.82, 2.24) is 0 Å². The van der Waals surface area contributed by atoms with Gasteiger partial charge in [-0.05, 0) is 35.0 Å². The predicted molar refractivity (Wildman–Crippen MR) is 103 cm³/mol. The molecule has 130 valence electrons. The summed E-state index contributed by atoms with van der Waals surface area (Å²) in [5.74, 6) is 0.761. The van der Waals surface area contributed by atoms with Crippen molar-refractivity contribution in [2.45, 2.75) is 45.8 Å². The molecule has 2 rings (SSSR count). The maximum absolute atomic E-state index is 13.4. The average molecular weight is 345 g/mol. The van der Waals surface area contributed by atoms with Crippen LogP contribution in [0.3, 0.4) is 0 Å². The molecule has 0 amide bonds. The Kier molecular flexibility index (Phi) is 5.21. The molecule has 0 spiro atoms. The molecule has 0 saturated carbocycles. The van der Waals surface area contributed by atoms with Crippen LogP contribution in [-0.4, -0.2) is 27.4 Å². The predicted octanol–water partition coefficient (Wildman–Crippen LogP) is 5.36. The van der Waals surface area contributed by atoms with E-state index >= 15 is 0 Å². The van der Waals surface area contributed by atoms with Crippen LogP contribution in [0.15, 0.2) is 30.3 Å². The Morgan fingerprint density at radius 3 is 2.38 bits per heavy atom. The van der Waals surface area contributed by atoms with E-state index in [-0.39, 0.29) is 11.8 Å². The van der Waals surface area contributed by atoms with Crippen molar-refractivity contribution in [2.24, 2.45) is 0 Å². The fraction of sp³-hybridized carbons (Fsp3) is 0.450. The van der Waals surface area contributed by atoms with E-state index in [2.05, 4.69) is 33.9 Å². The molecular formula is C20H28O3Si. The van der Waals surface area contributed by atoms with Crippen LogP contribution in [0, 0.1) is 6.92 Å². The van der Waals surface area contributed by atoms with E-state index < -0.39 is 8.07 Å². The summed E-state index contributed by atoms with van der Waals surface area (Å²) in [5.41, 5.74) is 1.91. The van der Waals surface area contributed by atoms with Crippen LogP contribution in [0.4, 0.5) is 0 Å². The van der Waals surface area contributed by atoms with Crippen LogP contribution in [0.2, 0.25) is 18.1 Å². The summed E-state index contributed by atoms with van der Waals surface area (Å²) < 4.78 is 10.7. The molecule has 0 aliphatic heterocycles. The Bertz CT molecular complexity index is 757. The minimum absolute atomic E-state index is 0.00541. The van der Waals surface area contributed by atoms with Crippen LogP contribution >= 0.6 is 0 Å². The van der Waals surface area contributed by atoms with E-state index in [1.807, 2.05) is 37.3 Å². The number of hydrogen-bond acceptors (Lipinski definition) is 3. The van der Waals surface area contributed by atoms with Crippen molar-refractivity contribution in [1.29, 1.82) is 0 Å². The fourth-order valence-corrected chi connectivity index (χ4v) is 4.24. The first-order chi connectivity index (χ1) is 11.1. The first-order valence-corrected chi connectivity index (χ1v) is 11.3. The van der Waals surface area contributed by atoms with Gasteiger partial charge in [-0.15, -0.1) is 0 Å². The molecule has 2 aromatic carbocycles. The number of rotatable bonds is 5. The average Bonchev–Trinajstić information content (AvgIpc) is 2.51. The number of methoxy groups -OCH3 is 1. The molecule has 0 aromatic heterocycles. The van der Waals surface area contributed by atoms with Crippen molar-refractivity contribution >= 4 is 24.3 Å². The number of fused-ring (bicyclic) bond motifs is 1. The topological polar surface area (TPSA) is 35.5 Å². The SMILES string of the molecule is COCOc1ccc(C(=O)[Si](C)(C)C(C)(C)C)c2cccc(C)c12. The normalized spacial score (nSPS) is 12.5. The molecule has 0 fully saturated rings. The Labute approximate surface area is 146 Å². The van der Waals surface area contributed by atoms with Gasteiger partial charge in [-0.1, -0.05) is 52.1 Å². The molecule has 0 radical (unpaired) electrons. The Hall–Kier alpha value is -1.65. The van der Waals surface area contributed by atoms with Crippen LogP contribution in [0.25, 0.3) is 10.8 Å². The van der Waals surface area contributed by atoms with Crippen molar-refractivity contribution in [2.75, 3.05) is 13.9 Å². The van der Waals surface area contributed by atoms with E-state index in [0.717, 1.165) is 27.6 Å². The molecule has 0 heterocycles.